The molecule has 0 atom stereocenters. The maximum absolute atomic E-state index is 4.89. The fraction of sp³-hybridized carbons (Fsp3) is 0.583. The van der Waals surface area contributed by atoms with Crippen LogP contribution in [0.25, 0.3) is 0 Å². The molecule has 0 nitrogen and oxygen atoms in total. The molecule has 0 unspecified atom stereocenters. The van der Waals surface area contributed by atoms with Crippen LogP contribution >= 0.6 is 18.6 Å². The van der Waals surface area contributed by atoms with Crippen molar-refractivity contribution in [3.05, 3.63) is 58.7 Å². The monoisotopic (exact) mass is 475 g/mol. The predicted octanol–water partition coefficient (Wildman–Crippen LogP) is 8.43. The quantitative estimate of drug-likeness (QED) is 0.301. The summed E-state index contributed by atoms with van der Waals surface area (Å²) in [7, 11) is 10.5. The van der Waals surface area contributed by atoms with Gasteiger partial charge in [0.25, 0.3) is 0 Å². The summed E-state index contributed by atoms with van der Waals surface area (Å²) < 4.78 is 0. The molecular weight excluding hydrogens is 435 g/mol. The molecule has 0 bridgehead atoms. The van der Waals surface area contributed by atoms with Crippen LogP contribution in [-0.4, -0.2) is 9.52 Å². The molecular formula is C24H41Cl2SiTi-2. The van der Waals surface area contributed by atoms with Gasteiger partial charge in [-0.25, -0.2) is 12.1 Å². The van der Waals surface area contributed by atoms with Gasteiger partial charge < -0.3 is 0 Å². The second-order valence-electron chi connectivity index (χ2n) is 8.87. The first-order chi connectivity index (χ1) is 12.9. The Morgan fingerprint density at radius 2 is 1.04 bits per heavy atom. The van der Waals surface area contributed by atoms with E-state index in [0.29, 0.717) is 10.8 Å². The van der Waals surface area contributed by atoms with Crippen LogP contribution in [-0.2, 0) is 40.7 Å². The van der Waals surface area contributed by atoms with Crippen molar-refractivity contribution in [3.8, 4) is 0 Å². The molecule has 0 amide bonds. The Kier molecular flexibility index (Phi) is 17.3. The van der Waals surface area contributed by atoms with Gasteiger partial charge in [0.05, 0.1) is 0 Å². The molecule has 0 aromatic heterocycles. The Bertz CT molecular complexity index is 546. The summed E-state index contributed by atoms with van der Waals surface area (Å²) >= 11 is -0.556. The number of hydrogen-bond donors (Lipinski definition) is 0. The van der Waals surface area contributed by atoms with Crippen LogP contribution in [0.1, 0.15) is 77.6 Å². The van der Waals surface area contributed by atoms with E-state index >= 15 is 0 Å². The Hall–Kier alpha value is 0.211. The van der Waals surface area contributed by atoms with E-state index in [0.717, 1.165) is 22.4 Å². The third-order valence-corrected chi connectivity index (χ3v) is 4.18. The van der Waals surface area contributed by atoms with Gasteiger partial charge in [-0.3, -0.25) is 0 Å². The van der Waals surface area contributed by atoms with Crippen molar-refractivity contribution in [3.63, 3.8) is 0 Å². The van der Waals surface area contributed by atoms with E-state index in [1.165, 1.54) is 22.3 Å². The van der Waals surface area contributed by atoms with Crippen molar-refractivity contribution >= 4 is 28.1 Å². The van der Waals surface area contributed by atoms with E-state index in [-0.39, 0.29) is 0 Å². The first-order valence-electron chi connectivity index (χ1n) is 10.1. The van der Waals surface area contributed by atoms with Gasteiger partial charge in [-0.15, -0.1) is 0 Å². The van der Waals surface area contributed by atoms with E-state index in [1.54, 1.807) is 0 Å². The Morgan fingerprint density at radius 3 is 1.14 bits per heavy atom. The molecule has 0 heterocycles. The third kappa shape index (κ3) is 14.2. The molecule has 161 valence electrons. The molecule has 1 radical (unpaired) electrons. The van der Waals surface area contributed by atoms with Crippen LogP contribution < -0.4 is 0 Å². The van der Waals surface area contributed by atoms with Crippen molar-refractivity contribution in [1.29, 1.82) is 0 Å². The van der Waals surface area contributed by atoms with Gasteiger partial charge in [0.15, 0.2) is 0 Å². The molecule has 0 saturated carbocycles. The van der Waals surface area contributed by atoms with E-state index in [2.05, 4.69) is 105 Å². The zero-order chi connectivity index (χ0) is 22.4. The fourth-order valence-corrected chi connectivity index (χ4v) is 2.36. The van der Waals surface area contributed by atoms with Gasteiger partial charge in [-0.2, -0.15) is 46.5 Å². The van der Waals surface area contributed by atoms with Gasteiger partial charge >= 0.3 is 35.6 Å². The second-order valence-corrected chi connectivity index (χ2v) is 12.6. The van der Waals surface area contributed by atoms with Crippen LogP contribution in [0, 0.1) is 0 Å². The van der Waals surface area contributed by atoms with E-state index in [4.69, 9.17) is 18.6 Å². The topological polar surface area (TPSA) is 0 Å². The fourth-order valence-electron chi connectivity index (χ4n) is 2.36. The summed E-state index contributed by atoms with van der Waals surface area (Å²) in [5.41, 5.74) is 6.44. The van der Waals surface area contributed by atoms with Crippen LogP contribution in [0.2, 0.25) is 13.1 Å². The van der Waals surface area contributed by atoms with Crippen LogP contribution in [0.4, 0.5) is 0 Å². The van der Waals surface area contributed by atoms with Crippen LogP contribution in [0.5, 0.6) is 0 Å². The van der Waals surface area contributed by atoms with Gasteiger partial charge in [-0.1, -0.05) is 92.2 Å². The summed E-state index contributed by atoms with van der Waals surface area (Å²) in [6, 6.07) is 13.5. The Balaban J connectivity index is 0. The summed E-state index contributed by atoms with van der Waals surface area (Å²) in [4.78, 5) is 0. The summed E-state index contributed by atoms with van der Waals surface area (Å²) in [6.45, 7) is 22.3. The van der Waals surface area contributed by atoms with Gasteiger partial charge in [0, 0.05) is 9.52 Å². The van der Waals surface area contributed by atoms with Crippen molar-refractivity contribution in [2.75, 3.05) is 0 Å². The van der Waals surface area contributed by atoms with Gasteiger partial charge in [0.2, 0.25) is 0 Å². The summed E-state index contributed by atoms with van der Waals surface area (Å²) in [5.74, 6) is 0. The molecule has 0 spiro atoms. The van der Waals surface area contributed by atoms with Crippen molar-refractivity contribution in [1.82, 2.24) is 0 Å². The molecule has 4 heteroatoms. The van der Waals surface area contributed by atoms with Crippen LogP contribution in [0.15, 0.2) is 36.4 Å². The number of hydrogen-bond acceptors (Lipinski definition) is 0. The molecule has 2 rings (SSSR count). The van der Waals surface area contributed by atoms with Gasteiger partial charge in [-0.05, 0) is 0 Å². The van der Waals surface area contributed by atoms with Crippen LogP contribution in [0.3, 0.4) is 0 Å². The SMILES string of the molecule is CCc1cc(C(C)(C)C)c[cH-]1.CCc1cc(C(C)(C)C)c[cH-]1.C[SiH]C.[Cl][Ti][Cl]. The average Bonchev–Trinajstić information content (AvgIpc) is 3.25. The van der Waals surface area contributed by atoms with Crippen molar-refractivity contribution in [2.24, 2.45) is 0 Å². The predicted molar refractivity (Wildman–Crippen MR) is 131 cm³/mol. The maximum atomic E-state index is 4.89. The van der Waals surface area contributed by atoms with E-state index in [1.807, 2.05) is 0 Å². The van der Waals surface area contributed by atoms with Crippen molar-refractivity contribution in [2.45, 2.75) is 92.2 Å². The summed E-state index contributed by atoms with van der Waals surface area (Å²) in [5, 5.41) is 0. The minimum atomic E-state index is -0.556. The van der Waals surface area contributed by atoms with Gasteiger partial charge in [0.1, 0.15) is 0 Å². The normalized spacial score (nSPS) is 10.6. The Labute approximate surface area is 195 Å². The summed E-state index contributed by atoms with van der Waals surface area (Å²) in [6.07, 6.45) is 2.30. The first-order valence-corrected chi connectivity index (χ1v) is 16.7. The zero-order valence-electron chi connectivity index (χ0n) is 19.7. The molecule has 0 aliphatic carbocycles. The third-order valence-electron chi connectivity index (χ3n) is 4.18. The number of halogens is 2. The van der Waals surface area contributed by atoms with E-state index < -0.39 is 17.0 Å². The standard InChI is InChI=1S/2C11H17.C2H7Si.2ClH.Ti/c2*1-5-9-6-7-10(8-9)11(2,3)4;1-3-2;;;/h2*6-8H,5H2,1-4H3;3H,1-2H3;2*1H;/q2*-1;;;;+2/p-2. The molecule has 0 aliphatic rings. The minimum absolute atomic E-state index is 0.313. The average molecular weight is 476 g/mol. The molecule has 0 fully saturated rings. The van der Waals surface area contributed by atoms with E-state index in [9.17, 15) is 0 Å². The molecule has 2 aromatic rings. The molecule has 28 heavy (non-hydrogen) atoms. The molecule has 0 N–H and O–H groups in total. The first kappa shape index (κ1) is 30.4. The molecule has 0 aliphatic heterocycles. The van der Waals surface area contributed by atoms with Crippen molar-refractivity contribution < 1.29 is 17.0 Å². The number of rotatable bonds is 2. The molecule has 0 saturated heterocycles. The molecule has 2 aromatic carbocycles. The Morgan fingerprint density at radius 1 is 0.786 bits per heavy atom. The number of aryl methyl sites for hydroxylation is 2. The second kappa shape index (κ2) is 16.0. The zero-order valence-corrected chi connectivity index (χ0v) is 23.9.